The van der Waals surface area contributed by atoms with E-state index in [0.717, 1.165) is 0 Å². The van der Waals surface area contributed by atoms with E-state index in [1.807, 2.05) is 23.2 Å². The van der Waals surface area contributed by atoms with E-state index in [1.165, 1.54) is 0 Å². The number of nitrogens with zero attached hydrogens (tertiary/aromatic N) is 2. The van der Waals surface area contributed by atoms with Crippen LogP contribution in [0.4, 0.5) is 11.4 Å². The second kappa shape index (κ2) is 8.84. The first kappa shape index (κ1) is 12.5. The molecule has 0 saturated heterocycles. The van der Waals surface area contributed by atoms with Gasteiger partial charge in [-0.2, -0.15) is 0 Å². The summed E-state index contributed by atoms with van der Waals surface area (Å²) in [4.78, 5) is 0. The molecule has 0 aliphatic heterocycles. The summed E-state index contributed by atoms with van der Waals surface area (Å²) in [7, 11) is -1.38. The second-order valence-corrected chi connectivity index (χ2v) is 4.67. The predicted molar refractivity (Wildman–Crippen MR) is 74.5 cm³/mol. The average Bonchev–Trinajstić information content (AvgIpc) is 2.47. The van der Waals surface area contributed by atoms with Crippen molar-refractivity contribution < 1.29 is 32.3 Å². The number of pyridine rings is 2. The van der Waals surface area contributed by atoms with Crippen LogP contribution in [0.1, 0.15) is 0 Å². The molecule has 116 valence electrons. The molecule has 0 atom stereocenters. The third-order valence-electron chi connectivity index (χ3n) is 1.92. The van der Waals surface area contributed by atoms with Crippen molar-refractivity contribution in [1.82, 2.24) is 0 Å². The third kappa shape index (κ3) is 14.0. The van der Waals surface area contributed by atoms with Crippen LogP contribution in [0, 0.1) is 0 Å². The quantitative estimate of drug-likeness (QED) is 0.407. The molecule has 0 bridgehead atoms. The molecule has 0 aliphatic carbocycles. The summed E-state index contributed by atoms with van der Waals surface area (Å²) in [6.45, 7) is 0. The van der Waals surface area contributed by atoms with E-state index in [4.69, 9.17) is 23.2 Å². The van der Waals surface area contributed by atoms with Gasteiger partial charge < -0.3 is 20.5 Å². The summed E-state index contributed by atoms with van der Waals surface area (Å²) in [6, 6.07) is 6.83. The van der Waals surface area contributed by atoms with Crippen molar-refractivity contribution in [2.75, 3.05) is 11.4 Å². The first-order valence-electron chi connectivity index (χ1n) is 7.32. The molecule has 21 heavy (non-hydrogen) atoms. The Morgan fingerprint density at radius 1 is 0.905 bits per heavy atom. The van der Waals surface area contributed by atoms with Gasteiger partial charge in [-0.3, -0.25) is 8.42 Å². The van der Waals surface area contributed by atoms with Crippen LogP contribution in [0.25, 0.3) is 0 Å². The summed E-state index contributed by atoms with van der Waals surface area (Å²) >= 11 is 0. The van der Waals surface area contributed by atoms with Crippen LogP contribution in [-0.4, -0.2) is 17.5 Å². The number of hydrogen-bond donors (Lipinski definition) is 2. The Morgan fingerprint density at radius 2 is 1.14 bits per heavy atom. The summed E-state index contributed by atoms with van der Waals surface area (Å²) in [5.41, 5.74) is 2.30. The highest BCUT2D eigenvalue weighted by Gasteiger charge is 1.87. The zero-order chi connectivity index (χ0) is 19.6. The van der Waals surface area contributed by atoms with Gasteiger partial charge in [-0.05, 0) is 0 Å². The minimum Gasteiger partial charge on any atom is -0.759 e. The molecule has 0 unspecified atom stereocenters. The Bertz CT molecular complexity index is 670. The zero-order valence-corrected chi connectivity index (χ0v) is 12.3. The van der Waals surface area contributed by atoms with E-state index < -0.39 is 10.4 Å². The average molecular weight is 318 g/mol. The normalized spacial score (nSPS) is 12.0. The van der Waals surface area contributed by atoms with Crippen LogP contribution in [0.15, 0.2) is 49.1 Å². The molecular formula is C12H18N4O4S. The molecule has 2 heterocycles. The zero-order valence-electron chi connectivity index (χ0n) is 15.4. The Balaban J connectivity index is 0.000000368. The molecule has 0 fully saturated rings. The molecule has 9 heteroatoms. The Labute approximate surface area is 129 Å². The highest BCUT2D eigenvalue weighted by atomic mass is 32.3. The van der Waals surface area contributed by atoms with Gasteiger partial charge in [0.1, 0.15) is 14.1 Å². The number of aromatic nitrogens is 2. The van der Waals surface area contributed by atoms with E-state index in [2.05, 4.69) is 0 Å². The van der Waals surface area contributed by atoms with E-state index in [0.29, 0.717) is 22.8 Å². The topological polar surface area (TPSA) is 140 Å². The predicted octanol–water partition coefficient (Wildman–Crippen LogP) is -1.15. The minimum atomic E-state index is -5.17. The fraction of sp³-hybridized carbons (Fsp3) is 0.167. The van der Waals surface area contributed by atoms with Gasteiger partial charge in [-0.1, -0.05) is 0 Å². The molecule has 2 aromatic rings. The standard InChI is InChI=1S/2C6H8N2.H2O4S/c2*1-8-4-2-6(7)3-5-8;1-5(2,3)4/h2*2-5,7H,1H3;(H2,1,2,3,4)/i/hD4. The van der Waals surface area contributed by atoms with Gasteiger partial charge in [-0.15, -0.1) is 0 Å². The van der Waals surface area contributed by atoms with Gasteiger partial charge in [-0.25, -0.2) is 9.13 Å². The van der Waals surface area contributed by atoms with Crippen molar-refractivity contribution in [1.29, 1.82) is 0 Å². The first-order chi connectivity index (χ1) is 11.4. The van der Waals surface area contributed by atoms with Crippen LogP contribution in [0.5, 0.6) is 0 Å². The maximum Gasteiger partial charge on any atom is 0.170 e. The molecule has 2 rings (SSSR count). The molecular weight excluding hydrogens is 296 g/mol. The lowest BCUT2D eigenvalue weighted by atomic mass is 10.4. The number of nitrogen functional groups attached to an aromatic ring is 2. The van der Waals surface area contributed by atoms with Crippen LogP contribution in [0.3, 0.4) is 0 Å². The Kier molecular flexibility index (Phi) is 5.27. The smallest absolute Gasteiger partial charge is 0.170 e. The summed E-state index contributed by atoms with van der Waals surface area (Å²) < 4.78 is 65.3. The van der Waals surface area contributed by atoms with Gasteiger partial charge in [0, 0.05) is 46.0 Å². The largest absolute Gasteiger partial charge is 0.759 e. The van der Waals surface area contributed by atoms with E-state index in [1.54, 1.807) is 49.1 Å². The highest BCUT2D eigenvalue weighted by molar-refractivity contribution is 7.79. The van der Waals surface area contributed by atoms with Crippen molar-refractivity contribution >= 4 is 21.8 Å². The van der Waals surface area contributed by atoms with Crippen LogP contribution < -0.4 is 20.6 Å². The van der Waals surface area contributed by atoms with Gasteiger partial charge >= 0.3 is 0 Å². The number of hydrogen-bond acceptors (Lipinski definition) is 6. The first-order valence-corrected chi connectivity index (χ1v) is 6.86. The Morgan fingerprint density at radius 3 is 1.33 bits per heavy atom. The van der Waals surface area contributed by atoms with Crippen molar-refractivity contribution in [3.8, 4) is 0 Å². The number of aryl methyl sites for hydroxylation is 2. The third-order valence-corrected chi connectivity index (χ3v) is 1.92. The lowest BCUT2D eigenvalue weighted by molar-refractivity contribution is -0.671. The van der Waals surface area contributed by atoms with Crippen LogP contribution >= 0.6 is 0 Å². The van der Waals surface area contributed by atoms with Gasteiger partial charge in [0.25, 0.3) is 0 Å². The lowest BCUT2D eigenvalue weighted by Crippen LogP contribution is -2.25. The molecule has 0 spiro atoms. The maximum absolute atomic E-state index is 8.52. The van der Waals surface area contributed by atoms with Gasteiger partial charge in [0.05, 0.1) is 0 Å². The lowest BCUT2D eigenvalue weighted by Gasteiger charge is -2.06. The fourth-order valence-electron chi connectivity index (χ4n) is 0.986. The number of nitrogens with two attached hydrogens (primary N) is 2. The summed E-state index contributed by atoms with van der Waals surface area (Å²) in [6.07, 6.45) is 7.19. The molecule has 0 aliphatic rings. The summed E-state index contributed by atoms with van der Waals surface area (Å²) in [5.74, 6) is 0. The molecule has 8 nitrogen and oxygen atoms in total. The Hall–Kier alpha value is -2.23. The number of anilines is 2. The molecule has 0 aromatic carbocycles. The van der Waals surface area contributed by atoms with Crippen LogP contribution in [0.2, 0.25) is 5.65 Å². The van der Waals surface area contributed by atoms with Crippen molar-refractivity contribution in [2.45, 2.75) is 0 Å². The van der Waals surface area contributed by atoms with E-state index in [9.17, 15) is 0 Å². The maximum atomic E-state index is 8.52. The summed E-state index contributed by atoms with van der Waals surface area (Å²) in [5, 5.41) is 0. The van der Waals surface area contributed by atoms with Crippen molar-refractivity contribution in [2.24, 2.45) is 14.1 Å². The fourth-order valence-corrected chi connectivity index (χ4v) is 0.986. The van der Waals surface area contributed by atoms with Crippen molar-refractivity contribution in [3.05, 3.63) is 49.1 Å². The van der Waals surface area contributed by atoms with E-state index in [-0.39, 0.29) is 0 Å². The van der Waals surface area contributed by atoms with Gasteiger partial charge in [0.15, 0.2) is 30.4 Å². The van der Waals surface area contributed by atoms with Crippen LogP contribution in [-0.2, 0) is 24.5 Å². The molecule has 0 amide bonds. The monoisotopic (exact) mass is 318 g/mol. The molecule has 0 radical (unpaired) electrons. The second-order valence-electron chi connectivity index (χ2n) is 3.85. The molecule has 0 saturated carbocycles. The molecule has 2 aromatic heterocycles. The van der Waals surface area contributed by atoms with Crippen molar-refractivity contribution in [3.63, 3.8) is 0 Å². The molecule has 4 N–H and O–H groups in total. The van der Waals surface area contributed by atoms with Gasteiger partial charge in [0.2, 0.25) is 0 Å². The highest BCUT2D eigenvalue weighted by Crippen LogP contribution is 1.92. The van der Waals surface area contributed by atoms with E-state index >= 15 is 0 Å². The SMILES string of the molecule is O=S(=O)([O-])[O-].[2H]N([2H])c1cc[n+](C)cc1.[2H]N([2H])c1cc[n+](C)cc1. The number of rotatable bonds is 2. The minimum absolute atomic E-state index is 0.568.